The van der Waals surface area contributed by atoms with E-state index in [-0.39, 0.29) is 51.5 Å². The maximum atomic E-state index is 12.9. The van der Waals surface area contributed by atoms with Crippen LogP contribution in [0.1, 0.15) is 26.3 Å². The second-order valence-corrected chi connectivity index (χ2v) is 10.2. The number of rotatable bonds is 8. The van der Waals surface area contributed by atoms with Crippen LogP contribution in [0.3, 0.4) is 0 Å². The monoisotopic (exact) mass is 574 g/mol. The summed E-state index contributed by atoms with van der Waals surface area (Å²) in [6.45, 7) is 0.194. The molecule has 1 heterocycles. The van der Waals surface area contributed by atoms with Gasteiger partial charge < -0.3 is 34.3 Å². The average molecular weight is 574 g/mol. The number of aromatic carboxylic acids is 1. The van der Waals surface area contributed by atoms with Crippen molar-refractivity contribution in [3.05, 3.63) is 106 Å². The van der Waals surface area contributed by atoms with Crippen molar-refractivity contribution in [2.24, 2.45) is 0 Å². The highest BCUT2D eigenvalue weighted by molar-refractivity contribution is 7.45. The van der Waals surface area contributed by atoms with Crippen molar-refractivity contribution >= 4 is 30.7 Å². The Labute approximate surface area is 231 Å². The summed E-state index contributed by atoms with van der Waals surface area (Å²) in [5, 5.41) is 23.3. The molecule has 3 aromatic carbocycles. The van der Waals surface area contributed by atoms with Crippen LogP contribution in [0.2, 0.25) is 0 Å². The van der Waals surface area contributed by atoms with Gasteiger partial charge in [0.1, 0.15) is 22.8 Å². The lowest BCUT2D eigenvalue weighted by atomic mass is 9.90. The number of phenolic OH excluding ortho intramolecular Hbond substituents is 1. The Morgan fingerprint density at radius 2 is 1.68 bits per heavy atom. The first-order chi connectivity index (χ1) is 19.5. The van der Waals surface area contributed by atoms with Crippen LogP contribution in [0.25, 0.3) is 33.4 Å². The van der Waals surface area contributed by atoms with Gasteiger partial charge in [0, 0.05) is 40.8 Å². The van der Waals surface area contributed by atoms with E-state index in [0.717, 1.165) is 5.56 Å². The number of benzene rings is 4. The Hall–Kier alpha value is -4.96. The molecular formula is C29H21NO10P-. The van der Waals surface area contributed by atoms with E-state index < -0.39 is 19.7 Å². The normalized spacial score (nSPS) is 12.6. The maximum Gasteiger partial charge on any atom is 0.336 e. The molecule has 208 valence electrons. The first-order valence-corrected chi connectivity index (χ1v) is 13.7. The smallest absolute Gasteiger partial charge is 0.336 e. The quantitative estimate of drug-likeness (QED) is 0.157. The molecule has 1 aliphatic carbocycles. The number of carbonyl (C=O) groups is 2. The number of fused-ring (bicyclic) bond motifs is 2. The summed E-state index contributed by atoms with van der Waals surface area (Å²) in [6.07, 6.45) is 0.379. The van der Waals surface area contributed by atoms with Crippen molar-refractivity contribution in [2.45, 2.75) is 6.42 Å². The molecule has 1 unspecified atom stereocenters. The number of aromatic hydroxyl groups is 1. The van der Waals surface area contributed by atoms with E-state index in [2.05, 4.69) is 9.84 Å². The number of nitrogens with one attached hydrogen (secondary N) is 1. The summed E-state index contributed by atoms with van der Waals surface area (Å²) in [6, 6.07) is 18.7. The molecule has 2 aliphatic rings. The van der Waals surface area contributed by atoms with Crippen molar-refractivity contribution in [3.8, 4) is 33.9 Å². The van der Waals surface area contributed by atoms with Crippen LogP contribution < -0.4 is 20.2 Å². The minimum Gasteiger partial charge on any atom is -0.746 e. The molecule has 0 aromatic heterocycles. The maximum absolute atomic E-state index is 12.9. The minimum atomic E-state index is -4.91. The highest BCUT2D eigenvalue weighted by Gasteiger charge is 2.23. The SMILES string of the molecule is O=C(NCCc1ccc(OP(=O)([O-])O)cc1)c1ccc(-c2c3ccc(=O)cc-3oc3cc(O)ccc23)c(C(=O)O)c1. The number of phosphoric ester groups is 1. The van der Waals surface area contributed by atoms with Gasteiger partial charge in [-0.05, 0) is 66.1 Å². The molecule has 12 heteroatoms. The summed E-state index contributed by atoms with van der Waals surface area (Å²) in [7, 11) is -4.91. The minimum absolute atomic E-state index is 0.0576. The third-order valence-electron chi connectivity index (χ3n) is 6.30. The van der Waals surface area contributed by atoms with Crippen LogP contribution in [0, 0.1) is 0 Å². The van der Waals surface area contributed by atoms with Gasteiger partial charge >= 0.3 is 13.8 Å². The zero-order valence-electron chi connectivity index (χ0n) is 21.1. The number of hydrogen-bond acceptors (Lipinski definition) is 8. The second kappa shape index (κ2) is 10.9. The zero-order chi connectivity index (χ0) is 29.3. The fraction of sp³-hybridized carbons (Fsp3) is 0.0690. The van der Waals surface area contributed by atoms with Gasteiger partial charge in [-0.1, -0.05) is 18.2 Å². The topological polar surface area (TPSA) is 186 Å². The van der Waals surface area contributed by atoms with Gasteiger partial charge in [0.05, 0.1) is 5.56 Å². The number of phosphoric acid groups is 1. The summed E-state index contributed by atoms with van der Waals surface area (Å²) in [5.74, 6) is -1.70. The first-order valence-electron chi connectivity index (χ1n) is 12.2. The number of carboxylic acid groups (broad SMARTS) is 1. The van der Waals surface area contributed by atoms with Gasteiger partial charge in [-0.15, -0.1) is 0 Å². The fourth-order valence-electron chi connectivity index (χ4n) is 4.50. The molecule has 11 nitrogen and oxygen atoms in total. The Bertz CT molecular complexity index is 1870. The van der Waals surface area contributed by atoms with Gasteiger partial charge in [-0.2, -0.15) is 0 Å². The van der Waals surface area contributed by atoms with Crippen molar-refractivity contribution in [1.82, 2.24) is 5.32 Å². The highest BCUT2D eigenvalue weighted by Crippen LogP contribution is 2.42. The molecule has 4 N–H and O–H groups in total. The lowest BCUT2D eigenvalue weighted by Gasteiger charge is -2.17. The van der Waals surface area contributed by atoms with Crippen molar-refractivity contribution in [3.63, 3.8) is 0 Å². The van der Waals surface area contributed by atoms with Crippen molar-refractivity contribution < 1.29 is 43.1 Å². The van der Waals surface area contributed by atoms with E-state index in [1.165, 1.54) is 60.7 Å². The molecule has 0 spiro atoms. The number of amides is 1. The molecule has 1 aliphatic heterocycles. The zero-order valence-corrected chi connectivity index (χ0v) is 22.0. The number of carbonyl (C=O) groups excluding carboxylic acids is 1. The molecule has 5 rings (SSSR count). The van der Waals surface area contributed by atoms with Gasteiger partial charge in [0.25, 0.3) is 5.91 Å². The van der Waals surface area contributed by atoms with E-state index >= 15 is 0 Å². The highest BCUT2D eigenvalue weighted by atomic mass is 31.2. The third-order valence-corrected chi connectivity index (χ3v) is 6.74. The summed E-state index contributed by atoms with van der Waals surface area (Å²) >= 11 is 0. The predicted molar refractivity (Wildman–Crippen MR) is 146 cm³/mol. The van der Waals surface area contributed by atoms with Crippen LogP contribution in [0.15, 0.2) is 88.1 Å². The van der Waals surface area contributed by atoms with E-state index in [1.807, 2.05) is 0 Å². The molecule has 3 aromatic rings. The van der Waals surface area contributed by atoms with E-state index in [4.69, 9.17) is 9.31 Å². The number of phenols is 1. The van der Waals surface area contributed by atoms with Crippen LogP contribution in [0.4, 0.5) is 0 Å². The molecule has 1 atom stereocenters. The second-order valence-electron chi connectivity index (χ2n) is 9.09. The van der Waals surface area contributed by atoms with Gasteiger partial charge in [-0.25, -0.2) is 4.79 Å². The summed E-state index contributed by atoms with van der Waals surface area (Å²) in [4.78, 5) is 56.8. The van der Waals surface area contributed by atoms with Gasteiger partial charge in [0.2, 0.25) is 0 Å². The molecule has 1 amide bonds. The molecule has 0 fully saturated rings. The average Bonchev–Trinajstić information content (AvgIpc) is 2.91. The fourth-order valence-corrected chi connectivity index (χ4v) is 4.89. The lowest BCUT2D eigenvalue weighted by Crippen LogP contribution is -2.26. The summed E-state index contributed by atoms with van der Waals surface area (Å²) in [5.41, 5.74) is 1.88. The van der Waals surface area contributed by atoms with Gasteiger partial charge in [0.15, 0.2) is 5.43 Å². The Kier molecular flexibility index (Phi) is 7.34. The molecular weight excluding hydrogens is 553 g/mol. The van der Waals surface area contributed by atoms with Crippen LogP contribution >= 0.6 is 7.82 Å². The Morgan fingerprint density at radius 3 is 2.39 bits per heavy atom. The van der Waals surface area contributed by atoms with Crippen LogP contribution in [-0.2, 0) is 11.0 Å². The largest absolute Gasteiger partial charge is 0.746 e. The van der Waals surface area contributed by atoms with E-state index in [0.29, 0.717) is 22.9 Å². The van der Waals surface area contributed by atoms with Gasteiger partial charge in [-0.3, -0.25) is 14.2 Å². The molecule has 41 heavy (non-hydrogen) atoms. The van der Waals surface area contributed by atoms with E-state index in [1.54, 1.807) is 18.2 Å². The number of carboxylic acids is 1. The Balaban J connectivity index is 1.43. The first kappa shape index (κ1) is 27.6. The standard InChI is InChI=1S/C29H22NO10P/c31-18-4-9-22-25(14-18)39-26-15-19(32)5-10-23(26)27(22)21-8-3-17(13-24(21)29(34)35)28(33)30-12-11-16-1-6-20(7-2-16)40-41(36,37)38/h1-10,13-15,31H,11-12H2,(H,30,33)(H,34,35)(H2,36,37,38)/p-1. The predicted octanol–water partition coefficient (Wildman–Crippen LogP) is 3.78. The lowest BCUT2D eigenvalue weighted by molar-refractivity contribution is -0.211. The Morgan fingerprint density at radius 1 is 0.951 bits per heavy atom. The molecule has 0 saturated heterocycles. The van der Waals surface area contributed by atoms with Crippen molar-refractivity contribution in [1.29, 1.82) is 0 Å². The molecule has 0 saturated carbocycles. The molecule has 0 radical (unpaired) electrons. The van der Waals surface area contributed by atoms with E-state index in [9.17, 15) is 34.1 Å². The third kappa shape index (κ3) is 6.12. The van der Waals surface area contributed by atoms with Crippen LogP contribution in [0.5, 0.6) is 11.5 Å². The van der Waals surface area contributed by atoms with Crippen LogP contribution in [-0.4, -0.2) is 33.5 Å². The number of hydrogen-bond donors (Lipinski definition) is 4. The van der Waals surface area contributed by atoms with Crippen molar-refractivity contribution in [2.75, 3.05) is 6.54 Å². The molecule has 0 bridgehead atoms. The summed E-state index contributed by atoms with van der Waals surface area (Å²) < 4.78 is 21.0.